The number of aliphatic hydroxyl groups excluding tert-OH is 2. The number of fused-ring (bicyclic) bond motifs is 1. The normalized spacial score (nSPS) is 29.1. The summed E-state index contributed by atoms with van der Waals surface area (Å²) in [6.07, 6.45) is -0.152. The molecule has 1 aliphatic carbocycles. The van der Waals surface area contributed by atoms with Gasteiger partial charge in [-0.15, -0.1) is 5.10 Å². The second kappa shape index (κ2) is 6.53. The van der Waals surface area contributed by atoms with Gasteiger partial charge in [0.05, 0.1) is 19.8 Å². The first-order valence-corrected chi connectivity index (χ1v) is 8.73. The largest absolute Gasteiger partial charge is 0.479 e. The second-order valence-electron chi connectivity index (χ2n) is 6.86. The predicted octanol–water partition coefficient (Wildman–Crippen LogP) is 0.235. The summed E-state index contributed by atoms with van der Waals surface area (Å²) >= 11 is 0. The number of aliphatic hydroxyl groups is 2. The molecule has 0 spiro atoms. The molecule has 0 aromatic carbocycles. The van der Waals surface area contributed by atoms with Crippen molar-refractivity contribution in [3.05, 3.63) is 0 Å². The zero-order valence-corrected chi connectivity index (χ0v) is 14.7. The molecule has 1 aliphatic heterocycles. The van der Waals surface area contributed by atoms with Gasteiger partial charge in [-0.05, 0) is 25.7 Å². The Kier molecular flexibility index (Phi) is 4.33. The molecular weight excluding hydrogens is 342 g/mol. The van der Waals surface area contributed by atoms with Crippen LogP contribution in [-0.2, 0) is 4.74 Å². The van der Waals surface area contributed by atoms with E-state index in [0.717, 1.165) is 12.8 Å². The quantitative estimate of drug-likeness (QED) is 0.680. The van der Waals surface area contributed by atoms with Crippen molar-refractivity contribution >= 4 is 16.9 Å². The molecule has 0 amide bonds. The number of nitrogens with zero attached hydrogens (tertiary/aromatic N) is 4. The first-order valence-electron chi connectivity index (χ1n) is 8.73. The summed E-state index contributed by atoms with van der Waals surface area (Å²) in [6, 6.07) is 0.145. The third-order valence-electron chi connectivity index (χ3n) is 5.11. The zero-order chi connectivity index (χ0) is 18.4. The van der Waals surface area contributed by atoms with Crippen LogP contribution in [0.3, 0.4) is 0 Å². The molecule has 2 aromatic heterocycles. The van der Waals surface area contributed by atoms with Crippen LogP contribution in [0.2, 0.25) is 0 Å². The molecule has 0 radical (unpaired) electrons. The van der Waals surface area contributed by atoms with Crippen LogP contribution in [0.5, 0.6) is 11.9 Å². The van der Waals surface area contributed by atoms with E-state index in [2.05, 4.69) is 15.1 Å². The molecular formula is C16H23N5O5. The van der Waals surface area contributed by atoms with Crippen molar-refractivity contribution in [2.24, 2.45) is 5.92 Å². The monoisotopic (exact) mass is 365 g/mol. The van der Waals surface area contributed by atoms with Gasteiger partial charge in [0.25, 0.3) is 0 Å². The van der Waals surface area contributed by atoms with Crippen LogP contribution in [0.25, 0.3) is 11.0 Å². The molecule has 26 heavy (non-hydrogen) atoms. The molecule has 2 aliphatic rings. The van der Waals surface area contributed by atoms with Gasteiger partial charge in [-0.25, -0.2) is 4.68 Å². The number of aromatic nitrogens is 4. The Morgan fingerprint density at radius 2 is 2.04 bits per heavy atom. The fourth-order valence-corrected chi connectivity index (χ4v) is 3.28. The number of nitrogens with two attached hydrogens (primary N) is 1. The first kappa shape index (κ1) is 17.3. The number of hydrogen-bond acceptors (Lipinski definition) is 9. The average Bonchev–Trinajstić information content (AvgIpc) is 3.06. The lowest BCUT2D eigenvalue weighted by molar-refractivity contribution is -0.0377. The van der Waals surface area contributed by atoms with E-state index in [9.17, 15) is 10.2 Å². The lowest BCUT2D eigenvalue weighted by atomic mass is 9.86. The molecule has 0 bridgehead atoms. The molecule has 10 heteroatoms. The molecule has 142 valence electrons. The van der Waals surface area contributed by atoms with E-state index >= 15 is 0 Å². The number of hydrogen-bond donors (Lipinski definition) is 3. The van der Waals surface area contributed by atoms with Gasteiger partial charge in [-0.1, -0.05) is 6.42 Å². The summed E-state index contributed by atoms with van der Waals surface area (Å²) in [5, 5.41) is 25.0. The fourth-order valence-electron chi connectivity index (χ4n) is 3.28. The van der Waals surface area contributed by atoms with Crippen molar-refractivity contribution in [3.63, 3.8) is 0 Å². The van der Waals surface area contributed by atoms with E-state index in [-0.39, 0.29) is 17.7 Å². The fraction of sp³-hybridized carbons (Fsp3) is 0.688. The number of ether oxygens (including phenoxy) is 3. The third kappa shape index (κ3) is 2.74. The molecule has 1 saturated heterocycles. The summed E-state index contributed by atoms with van der Waals surface area (Å²) in [5.41, 5.74) is 6.39. The van der Waals surface area contributed by atoms with Crippen molar-refractivity contribution in [2.75, 3.05) is 19.5 Å². The molecule has 3 heterocycles. The summed E-state index contributed by atoms with van der Waals surface area (Å²) in [4.78, 5) is 8.59. The molecule has 0 unspecified atom stereocenters. The van der Waals surface area contributed by atoms with Gasteiger partial charge < -0.3 is 30.2 Å². The standard InChI is InChI=1S/C16H23N5O5/c1-7-10(22)11(23)15(26-7)21-13-9(14(20-21)24-2)12(17)18-16(19-13)25-6-8-4-3-5-8/h7-8,10-11,15,22-23H,3-6H2,1-2H3,(H2,17,18,19)/t7-,10-,11-,15-/m1/s1. The second-order valence-corrected chi connectivity index (χ2v) is 6.86. The molecule has 10 nitrogen and oxygen atoms in total. The summed E-state index contributed by atoms with van der Waals surface area (Å²) < 4.78 is 18.0. The summed E-state index contributed by atoms with van der Waals surface area (Å²) in [6.45, 7) is 2.21. The Balaban J connectivity index is 1.73. The van der Waals surface area contributed by atoms with Crippen LogP contribution in [-0.4, -0.2) is 62.0 Å². The Bertz CT molecular complexity index is 808. The van der Waals surface area contributed by atoms with Crippen molar-refractivity contribution in [2.45, 2.75) is 50.7 Å². The van der Waals surface area contributed by atoms with Crippen LogP contribution in [0.4, 0.5) is 5.82 Å². The molecule has 4 atom stereocenters. The van der Waals surface area contributed by atoms with Gasteiger partial charge in [0.1, 0.15) is 23.4 Å². The highest BCUT2D eigenvalue weighted by Crippen LogP contribution is 2.36. The number of anilines is 1. The zero-order valence-electron chi connectivity index (χ0n) is 14.7. The van der Waals surface area contributed by atoms with E-state index in [1.807, 2.05) is 0 Å². The van der Waals surface area contributed by atoms with Gasteiger partial charge in [-0.2, -0.15) is 9.97 Å². The Morgan fingerprint density at radius 3 is 2.62 bits per heavy atom. The van der Waals surface area contributed by atoms with Gasteiger partial charge in [0.15, 0.2) is 11.9 Å². The number of rotatable bonds is 5. The van der Waals surface area contributed by atoms with Crippen LogP contribution >= 0.6 is 0 Å². The maximum Gasteiger partial charge on any atom is 0.320 e. The van der Waals surface area contributed by atoms with Gasteiger partial charge >= 0.3 is 6.01 Å². The molecule has 2 aromatic rings. The van der Waals surface area contributed by atoms with E-state index in [0.29, 0.717) is 23.6 Å². The van der Waals surface area contributed by atoms with E-state index in [1.165, 1.54) is 18.2 Å². The summed E-state index contributed by atoms with van der Waals surface area (Å²) in [7, 11) is 1.45. The van der Waals surface area contributed by atoms with Crippen LogP contribution in [0, 0.1) is 5.92 Å². The van der Waals surface area contributed by atoms with E-state index in [4.69, 9.17) is 19.9 Å². The lowest BCUT2D eigenvalue weighted by Gasteiger charge is -2.24. The Hall–Kier alpha value is -2.17. The average molecular weight is 365 g/mol. The SMILES string of the molecule is COc1nn([C@@H]2O[C@H](C)[C@@H](O)[C@H]2O)c2nc(OCC3CCC3)nc(N)c12. The molecule has 4 N–H and O–H groups in total. The van der Waals surface area contributed by atoms with Gasteiger partial charge in [0.2, 0.25) is 5.88 Å². The number of nitrogen functional groups attached to an aromatic ring is 1. The predicted molar refractivity (Wildman–Crippen MR) is 90.7 cm³/mol. The topological polar surface area (TPSA) is 138 Å². The molecule has 1 saturated carbocycles. The van der Waals surface area contributed by atoms with Crippen LogP contribution in [0.1, 0.15) is 32.4 Å². The van der Waals surface area contributed by atoms with Crippen molar-refractivity contribution in [1.82, 2.24) is 19.7 Å². The van der Waals surface area contributed by atoms with Gasteiger partial charge in [-0.3, -0.25) is 0 Å². The minimum Gasteiger partial charge on any atom is -0.479 e. The van der Waals surface area contributed by atoms with Crippen LogP contribution < -0.4 is 15.2 Å². The smallest absolute Gasteiger partial charge is 0.320 e. The minimum atomic E-state index is -1.16. The summed E-state index contributed by atoms with van der Waals surface area (Å²) in [5.74, 6) is 0.904. The van der Waals surface area contributed by atoms with Crippen molar-refractivity contribution in [3.8, 4) is 11.9 Å². The lowest BCUT2D eigenvalue weighted by Crippen LogP contribution is -2.30. The molecule has 4 rings (SSSR count). The Morgan fingerprint density at radius 1 is 1.27 bits per heavy atom. The highest BCUT2D eigenvalue weighted by molar-refractivity contribution is 5.91. The first-order chi connectivity index (χ1) is 12.5. The minimum absolute atomic E-state index is 0.145. The molecule has 2 fully saturated rings. The van der Waals surface area contributed by atoms with E-state index in [1.54, 1.807) is 6.92 Å². The number of methoxy groups -OCH3 is 1. The van der Waals surface area contributed by atoms with Crippen LogP contribution in [0.15, 0.2) is 0 Å². The Labute approximate surface area is 149 Å². The van der Waals surface area contributed by atoms with Crippen molar-refractivity contribution < 1.29 is 24.4 Å². The van der Waals surface area contributed by atoms with Crippen molar-refractivity contribution in [1.29, 1.82) is 0 Å². The maximum absolute atomic E-state index is 10.3. The highest BCUT2D eigenvalue weighted by atomic mass is 16.6. The maximum atomic E-state index is 10.3. The third-order valence-corrected chi connectivity index (χ3v) is 5.11. The van der Waals surface area contributed by atoms with Gasteiger partial charge in [0, 0.05) is 0 Å². The van der Waals surface area contributed by atoms with E-state index < -0.39 is 24.5 Å². The highest BCUT2D eigenvalue weighted by Gasteiger charge is 2.43.